The SMILES string of the molecule is CCCOc1cccc([C@H]2C(=C(O)c3ccc4c(c3)C[C@H](C)O4)C(=O)C(=O)N2c2nnc(SCc3ccccc3)s2)c1. The van der Waals surface area contributed by atoms with Gasteiger partial charge in [-0.05, 0) is 60.4 Å². The van der Waals surface area contributed by atoms with E-state index in [1.807, 2.05) is 68.4 Å². The number of carbonyl (C=O) groups excluding carboxylic acids is 2. The lowest BCUT2D eigenvalue weighted by Crippen LogP contribution is -2.29. The molecule has 1 N–H and O–H groups in total. The van der Waals surface area contributed by atoms with E-state index in [-0.39, 0.29) is 22.6 Å². The summed E-state index contributed by atoms with van der Waals surface area (Å²) in [5, 5.41) is 20.5. The molecule has 0 saturated carbocycles. The monoisotopic (exact) mass is 599 g/mol. The first-order chi connectivity index (χ1) is 20.4. The van der Waals surface area contributed by atoms with Gasteiger partial charge in [-0.25, -0.2) is 0 Å². The van der Waals surface area contributed by atoms with Crippen molar-refractivity contribution >= 4 is 45.7 Å². The highest BCUT2D eigenvalue weighted by Gasteiger charge is 2.48. The summed E-state index contributed by atoms with van der Waals surface area (Å²) < 4.78 is 12.3. The standard InChI is InChI=1S/C32H29N3O5S2/c1-3-14-39-24-11-7-10-21(17-24)27-26(28(36)22-12-13-25-23(16-22)15-19(2)40-25)29(37)30(38)35(27)31-33-34-32(42-31)41-18-20-8-5-4-6-9-20/h4-13,16-17,19,27,36H,3,14-15,18H2,1-2H3/t19-,27-/m0/s1. The molecule has 0 unspecified atom stereocenters. The van der Waals surface area contributed by atoms with Crippen LogP contribution < -0.4 is 14.4 Å². The summed E-state index contributed by atoms with van der Waals surface area (Å²) in [6, 6.07) is 21.7. The number of aliphatic hydroxyl groups excluding tert-OH is 1. The lowest BCUT2D eigenvalue weighted by molar-refractivity contribution is -0.132. The van der Waals surface area contributed by atoms with E-state index >= 15 is 0 Å². The molecule has 10 heteroatoms. The highest BCUT2D eigenvalue weighted by atomic mass is 32.2. The summed E-state index contributed by atoms with van der Waals surface area (Å²) >= 11 is 2.75. The predicted molar refractivity (Wildman–Crippen MR) is 163 cm³/mol. The Kier molecular flexibility index (Phi) is 7.99. The molecule has 1 fully saturated rings. The molecule has 0 bridgehead atoms. The van der Waals surface area contributed by atoms with Gasteiger partial charge in [-0.1, -0.05) is 72.5 Å². The maximum Gasteiger partial charge on any atom is 0.301 e. The number of anilines is 1. The number of thioether (sulfide) groups is 1. The molecule has 1 aromatic heterocycles. The number of hydrogen-bond acceptors (Lipinski definition) is 9. The fraction of sp³-hybridized carbons (Fsp3) is 0.250. The van der Waals surface area contributed by atoms with Gasteiger partial charge in [0.2, 0.25) is 5.13 Å². The Hall–Kier alpha value is -4.15. The van der Waals surface area contributed by atoms with Crippen LogP contribution in [0, 0.1) is 0 Å². The number of benzene rings is 3. The third-order valence-electron chi connectivity index (χ3n) is 7.07. The van der Waals surface area contributed by atoms with Crippen LogP contribution in [0.25, 0.3) is 5.76 Å². The van der Waals surface area contributed by atoms with Gasteiger partial charge in [-0.2, -0.15) is 0 Å². The largest absolute Gasteiger partial charge is 0.507 e. The Labute approximate surface area is 252 Å². The van der Waals surface area contributed by atoms with Crippen molar-refractivity contribution in [2.45, 2.75) is 48.9 Å². The van der Waals surface area contributed by atoms with Crippen LogP contribution in [0.2, 0.25) is 0 Å². The van der Waals surface area contributed by atoms with Crippen LogP contribution in [0.3, 0.4) is 0 Å². The average molecular weight is 600 g/mol. The molecule has 214 valence electrons. The quantitative estimate of drug-likeness (QED) is 0.0758. The van der Waals surface area contributed by atoms with E-state index in [1.165, 1.54) is 28.0 Å². The second kappa shape index (κ2) is 12.0. The van der Waals surface area contributed by atoms with Gasteiger partial charge in [0, 0.05) is 17.7 Å². The Morgan fingerprint density at radius 1 is 1.10 bits per heavy atom. The van der Waals surface area contributed by atoms with Crippen LogP contribution in [-0.4, -0.2) is 39.7 Å². The van der Waals surface area contributed by atoms with Crippen molar-refractivity contribution in [3.8, 4) is 11.5 Å². The molecular weight excluding hydrogens is 571 g/mol. The second-order valence-corrected chi connectivity index (χ2v) is 12.3. The minimum Gasteiger partial charge on any atom is -0.507 e. The normalized spacial score (nSPS) is 19.1. The highest BCUT2D eigenvalue weighted by Crippen LogP contribution is 2.45. The molecule has 0 aliphatic carbocycles. The van der Waals surface area contributed by atoms with Crippen LogP contribution >= 0.6 is 23.1 Å². The van der Waals surface area contributed by atoms with E-state index < -0.39 is 17.7 Å². The second-order valence-electron chi connectivity index (χ2n) is 10.2. The van der Waals surface area contributed by atoms with Gasteiger partial charge in [0.1, 0.15) is 23.4 Å². The van der Waals surface area contributed by atoms with Gasteiger partial charge in [-0.3, -0.25) is 14.5 Å². The molecule has 2 atom stereocenters. The van der Waals surface area contributed by atoms with E-state index in [1.54, 1.807) is 18.2 Å². The maximum atomic E-state index is 13.6. The number of aliphatic hydroxyl groups is 1. The van der Waals surface area contributed by atoms with E-state index in [0.717, 1.165) is 23.3 Å². The minimum atomic E-state index is -0.918. The lowest BCUT2D eigenvalue weighted by atomic mass is 9.94. The molecule has 2 aliphatic heterocycles. The smallest absolute Gasteiger partial charge is 0.301 e. The molecular formula is C32H29N3O5S2. The zero-order valence-corrected chi connectivity index (χ0v) is 24.8. The predicted octanol–water partition coefficient (Wildman–Crippen LogP) is 6.57. The number of ether oxygens (including phenoxy) is 2. The molecule has 4 aromatic rings. The van der Waals surface area contributed by atoms with Crippen molar-refractivity contribution in [1.29, 1.82) is 0 Å². The minimum absolute atomic E-state index is 0.00626. The van der Waals surface area contributed by atoms with Gasteiger partial charge >= 0.3 is 5.91 Å². The number of nitrogens with zero attached hydrogens (tertiary/aromatic N) is 3. The number of carbonyl (C=O) groups is 2. The number of hydrogen-bond donors (Lipinski definition) is 1. The van der Waals surface area contributed by atoms with E-state index in [4.69, 9.17) is 9.47 Å². The number of Topliss-reactive ketones (excluding diaryl/α,β-unsaturated/α-hetero) is 1. The maximum absolute atomic E-state index is 13.6. The highest BCUT2D eigenvalue weighted by molar-refractivity contribution is 8.00. The fourth-order valence-electron chi connectivity index (χ4n) is 5.14. The van der Waals surface area contributed by atoms with Crippen molar-refractivity contribution < 1.29 is 24.2 Å². The zero-order valence-electron chi connectivity index (χ0n) is 23.1. The third-order valence-corrected chi connectivity index (χ3v) is 9.19. The summed E-state index contributed by atoms with van der Waals surface area (Å²) in [6.45, 7) is 4.52. The molecule has 1 saturated heterocycles. The van der Waals surface area contributed by atoms with Gasteiger partial charge in [0.25, 0.3) is 5.78 Å². The summed E-state index contributed by atoms with van der Waals surface area (Å²) in [4.78, 5) is 28.6. The summed E-state index contributed by atoms with van der Waals surface area (Å²) in [7, 11) is 0. The lowest BCUT2D eigenvalue weighted by Gasteiger charge is -2.23. The zero-order chi connectivity index (χ0) is 29.2. The first-order valence-electron chi connectivity index (χ1n) is 13.8. The van der Waals surface area contributed by atoms with E-state index in [2.05, 4.69) is 10.2 Å². The Bertz CT molecular complexity index is 1670. The number of ketones is 1. The van der Waals surface area contributed by atoms with Crippen LogP contribution in [-0.2, 0) is 21.8 Å². The van der Waals surface area contributed by atoms with Crippen molar-refractivity contribution in [2.75, 3.05) is 11.5 Å². The third kappa shape index (κ3) is 5.52. The molecule has 8 nitrogen and oxygen atoms in total. The molecule has 0 radical (unpaired) electrons. The Balaban J connectivity index is 1.40. The van der Waals surface area contributed by atoms with Gasteiger partial charge in [0.15, 0.2) is 4.34 Å². The van der Waals surface area contributed by atoms with Crippen molar-refractivity contribution in [3.05, 3.63) is 101 Å². The van der Waals surface area contributed by atoms with Crippen molar-refractivity contribution in [3.63, 3.8) is 0 Å². The topological polar surface area (TPSA) is 102 Å². The molecule has 42 heavy (non-hydrogen) atoms. The van der Waals surface area contributed by atoms with Gasteiger partial charge in [-0.15, -0.1) is 10.2 Å². The summed E-state index contributed by atoms with van der Waals surface area (Å²) in [5.41, 5.74) is 3.14. The molecule has 2 aliphatic rings. The van der Waals surface area contributed by atoms with Crippen LogP contribution in [0.5, 0.6) is 11.5 Å². The Morgan fingerprint density at radius 2 is 1.93 bits per heavy atom. The van der Waals surface area contributed by atoms with Gasteiger partial charge in [0.05, 0.1) is 18.2 Å². The molecule has 6 rings (SSSR count). The number of aromatic nitrogens is 2. The molecule has 3 heterocycles. The number of fused-ring (bicyclic) bond motifs is 1. The molecule has 0 spiro atoms. The first kappa shape index (κ1) is 28.0. The number of amides is 1. The molecule has 3 aromatic carbocycles. The fourth-order valence-corrected chi connectivity index (χ4v) is 6.97. The van der Waals surface area contributed by atoms with Crippen molar-refractivity contribution in [2.24, 2.45) is 0 Å². The summed E-state index contributed by atoms with van der Waals surface area (Å²) in [6.07, 6.45) is 1.55. The van der Waals surface area contributed by atoms with Crippen molar-refractivity contribution in [1.82, 2.24) is 10.2 Å². The van der Waals surface area contributed by atoms with Crippen LogP contribution in [0.1, 0.15) is 48.6 Å². The van der Waals surface area contributed by atoms with Gasteiger partial charge < -0.3 is 14.6 Å². The van der Waals surface area contributed by atoms with E-state index in [9.17, 15) is 14.7 Å². The molecule has 1 amide bonds. The van der Waals surface area contributed by atoms with E-state index in [0.29, 0.717) is 40.0 Å². The summed E-state index contributed by atoms with van der Waals surface area (Å²) in [5.74, 6) is 0.263. The first-order valence-corrected chi connectivity index (χ1v) is 15.6. The number of rotatable bonds is 9. The average Bonchev–Trinajstić information content (AvgIpc) is 3.70. The van der Waals surface area contributed by atoms with Crippen LogP contribution in [0.15, 0.2) is 82.7 Å². The Morgan fingerprint density at radius 3 is 2.74 bits per heavy atom. The van der Waals surface area contributed by atoms with Crippen LogP contribution in [0.4, 0.5) is 5.13 Å².